The Morgan fingerprint density at radius 2 is 1.96 bits per heavy atom. The summed E-state index contributed by atoms with van der Waals surface area (Å²) in [5.74, 6) is 0. The quantitative estimate of drug-likeness (QED) is 0.695. The first-order chi connectivity index (χ1) is 11.1. The van der Waals surface area contributed by atoms with Gasteiger partial charge in [0.2, 0.25) is 0 Å². The number of carbonyl (C=O) groups is 1. The van der Waals surface area contributed by atoms with Crippen molar-refractivity contribution in [3.63, 3.8) is 0 Å². The fraction of sp³-hybridized carbons (Fsp3) is 0.316. The van der Waals surface area contributed by atoms with Crippen molar-refractivity contribution in [2.24, 2.45) is 0 Å². The summed E-state index contributed by atoms with van der Waals surface area (Å²) in [6.07, 6.45) is 3.48. The van der Waals surface area contributed by atoms with Gasteiger partial charge in [0.05, 0.1) is 0 Å². The third kappa shape index (κ3) is 5.71. The van der Waals surface area contributed by atoms with E-state index in [9.17, 15) is 4.79 Å². The molecule has 0 saturated heterocycles. The Bertz CT molecular complexity index is 670. The molecule has 0 aromatic heterocycles. The molecule has 23 heavy (non-hydrogen) atoms. The topological polar surface area (TPSA) is 41.1 Å². The first-order valence-corrected chi connectivity index (χ1v) is 8.76. The number of benzene rings is 2. The van der Waals surface area contributed by atoms with E-state index in [1.54, 1.807) is 0 Å². The second-order valence-electron chi connectivity index (χ2n) is 5.69. The van der Waals surface area contributed by atoms with Crippen LogP contribution in [-0.2, 0) is 13.0 Å². The lowest BCUT2D eigenvalue weighted by Crippen LogP contribution is -2.28. The molecule has 0 aliphatic rings. The van der Waals surface area contributed by atoms with E-state index in [1.165, 1.54) is 18.4 Å². The highest BCUT2D eigenvalue weighted by atomic mass is 79.9. The number of aryl methyl sites for hydroxylation is 2. The van der Waals surface area contributed by atoms with Gasteiger partial charge in [0.25, 0.3) is 0 Å². The molecule has 122 valence electrons. The SMILES string of the molecule is CCCCc1ccc(NC(=O)NCc2cccc(Br)c2)c(C)c1. The molecule has 2 rings (SSSR count). The number of unbranched alkanes of at least 4 members (excludes halogenated alkanes) is 1. The number of halogens is 1. The molecule has 0 fully saturated rings. The van der Waals surface area contributed by atoms with Crippen LogP contribution in [0.15, 0.2) is 46.9 Å². The van der Waals surface area contributed by atoms with E-state index in [0.717, 1.165) is 27.7 Å². The van der Waals surface area contributed by atoms with Crippen LogP contribution >= 0.6 is 15.9 Å². The van der Waals surface area contributed by atoms with Crippen LogP contribution in [0.3, 0.4) is 0 Å². The maximum Gasteiger partial charge on any atom is 0.319 e. The molecule has 0 unspecified atom stereocenters. The monoisotopic (exact) mass is 374 g/mol. The first-order valence-electron chi connectivity index (χ1n) is 7.97. The Morgan fingerprint density at radius 3 is 2.65 bits per heavy atom. The van der Waals surface area contributed by atoms with Crippen molar-refractivity contribution in [1.29, 1.82) is 0 Å². The number of hydrogen-bond acceptors (Lipinski definition) is 1. The largest absolute Gasteiger partial charge is 0.334 e. The zero-order chi connectivity index (χ0) is 16.7. The maximum atomic E-state index is 12.0. The van der Waals surface area contributed by atoms with Gasteiger partial charge in [0.1, 0.15) is 0 Å². The van der Waals surface area contributed by atoms with Gasteiger partial charge in [-0.05, 0) is 54.7 Å². The highest BCUT2D eigenvalue weighted by Gasteiger charge is 2.05. The summed E-state index contributed by atoms with van der Waals surface area (Å²) in [7, 11) is 0. The minimum Gasteiger partial charge on any atom is -0.334 e. The minimum atomic E-state index is -0.186. The molecule has 0 aliphatic carbocycles. The average molecular weight is 375 g/mol. The molecule has 2 amide bonds. The van der Waals surface area contributed by atoms with Crippen LogP contribution in [0, 0.1) is 6.92 Å². The van der Waals surface area contributed by atoms with Gasteiger partial charge in [-0.3, -0.25) is 0 Å². The number of anilines is 1. The third-order valence-electron chi connectivity index (χ3n) is 3.70. The lowest BCUT2D eigenvalue weighted by molar-refractivity contribution is 0.251. The van der Waals surface area contributed by atoms with Gasteiger partial charge < -0.3 is 10.6 Å². The van der Waals surface area contributed by atoms with E-state index in [4.69, 9.17) is 0 Å². The molecule has 2 N–H and O–H groups in total. The van der Waals surface area contributed by atoms with Crippen LogP contribution in [-0.4, -0.2) is 6.03 Å². The van der Waals surface area contributed by atoms with E-state index in [-0.39, 0.29) is 6.03 Å². The van der Waals surface area contributed by atoms with Gasteiger partial charge in [0.15, 0.2) is 0 Å². The average Bonchev–Trinajstić information content (AvgIpc) is 2.53. The number of hydrogen-bond donors (Lipinski definition) is 2. The van der Waals surface area contributed by atoms with Crippen LogP contribution in [0.1, 0.15) is 36.5 Å². The summed E-state index contributed by atoms with van der Waals surface area (Å²) in [6.45, 7) is 4.72. The molecule has 0 aliphatic heterocycles. The number of rotatable bonds is 6. The Morgan fingerprint density at radius 1 is 1.13 bits per heavy atom. The minimum absolute atomic E-state index is 0.186. The Balaban J connectivity index is 1.89. The van der Waals surface area contributed by atoms with E-state index >= 15 is 0 Å². The molecule has 0 bridgehead atoms. The fourth-order valence-electron chi connectivity index (χ4n) is 2.40. The Labute approximate surface area is 146 Å². The van der Waals surface area contributed by atoms with E-state index in [0.29, 0.717) is 6.54 Å². The van der Waals surface area contributed by atoms with Crippen LogP contribution in [0.5, 0.6) is 0 Å². The molecular formula is C19H23BrN2O. The van der Waals surface area contributed by atoms with Gasteiger partial charge >= 0.3 is 6.03 Å². The summed E-state index contributed by atoms with van der Waals surface area (Å²) in [4.78, 5) is 12.0. The molecule has 2 aromatic rings. The molecule has 0 heterocycles. The second-order valence-corrected chi connectivity index (χ2v) is 6.61. The highest BCUT2D eigenvalue weighted by Crippen LogP contribution is 2.18. The number of urea groups is 1. The number of carbonyl (C=O) groups excluding carboxylic acids is 1. The van der Waals surface area contributed by atoms with Crippen molar-refractivity contribution in [2.75, 3.05) is 5.32 Å². The van der Waals surface area contributed by atoms with Crippen LogP contribution in [0.4, 0.5) is 10.5 Å². The maximum absolute atomic E-state index is 12.0. The summed E-state index contributed by atoms with van der Waals surface area (Å²) in [6, 6.07) is 13.9. The van der Waals surface area contributed by atoms with Gasteiger partial charge in [-0.2, -0.15) is 0 Å². The lowest BCUT2D eigenvalue weighted by atomic mass is 10.0. The zero-order valence-electron chi connectivity index (χ0n) is 13.7. The summed E-state index contributed by atoms with van der Waals surface area (Å²) < 4.78 is 1.01. The van der Waals surface area contributed by atoms with E-state index in [2.05, 4.69) is 45.6 Å². The predicted molar refractivity (Wildman–Crippen MR) is 99.8 cm³/mol. The molecule has 0 radical (unpaired) electrons. The highest BCUT2D eigenvalue weighted by molar-refractivity contribution is 9.10. The predicted octanol–water partition coefficient (Wildman–Crippen LogP) is 5.42. The van der Waals surface area contributed by atoms with E-state index in [1.807, 2.05) is 37.3 Å². The number of amides is 2. The van der Waals surface area contributed by atoms with Gasteiger partial charge in [-0.15, -0.1) is 0 Å². The summed E-state index contributed by atoms with van der Waals surface area (Å²) in [5, 5.41) is 5.80. The first kappa shape index (κ1) is 17.5. The fourth-order valence-corrected chi connectivity index (χ4v) is 2.84. The van der Waals surface area contributed by atoms with E-state index < -0.39 is 0 Å². The van der Waals surface area contributed by atoms with Gasteiger partial charge in [-0.1, -0.05) is 53.5 Å². The number of nitrogens with one attached hydrogen (secondary N) is 2. The lowest BCUT2D eigenvalue weighted by Gasteiger charge is -2.11. The van der Waals surface area contributed by atoms with Crippen LogP contribution < -0.4 is 10.6 Å². The Kier molecular flexibility index (Phi) is 6.66. The summed E-state index contributed by atoms with van der Waals surface area (Å²) in [5.41, 5.74) is 4.33. The molecule has 4 heteroatoms. The Hall–Kier alpha value is -1.81. The van der Waals surface area contributed by atoms with Crippen molar-refractivity contribution in [1.82, 2.24) is 5.32 Å². The van der Waals surface area contributed by atoms with Crippen LogP contribution in [0.2, 0.25) is 0 Å². The van der Waals surface area contributed by atoms with Crippen LogP contribution in [0.25, 0.3) is 0 Å². The third-order valence-corrected chi connectivity index (χ3v) is 4.19. The zero-order valence-corrected chi connectivity index (χ0v) is 15.2. The molecule has 3 nitrogen and oxygen atoms in total. The smallest absolute Gasteiger partial charge is 0.319 e. The molecular weight excluding hydrogens is 352 g/mol. The van der Waals surface area contributed by atoms with Gasteiger partial charge in [0, 0.05) is 16.7 Å². The van der Waals surface area contributed by atoms with Gasteiger partial charge in [-0.25, -0.2) is 4.79 Å². The molecule has 0 spiro atoms. The van der Waals surface area contributed by atoms with Crippen molar-refractivity contribution in [2.45, 2.75) is 39.7 Å². The normalized spacial score (nSPS) is 10.4. The van der Waals surface area contributed by atoms with Crippen molar-refractivity contribution < 1.29 is 4.79 Å². The summed E-state index contributed by atoms with van der Waals surface area (Å²) >= 11 is 3.43. The standard InChI is InChI=1S/C19H23BrN2O/c1-3-4-6-15-9-10-18(14(2)11-15)22-19(23)21-13-16-7-5-8-17(20)12-16/h5,7-12H,3-4,6,13H2,1-2H3,(H2,21,22,23). The molecule has 2 aromatic carbocycles. The van der Waals surface area contributed by atoms with Crippen molar-refractivity contribution >= 4 is 27.6 Å². The van der Waals surface area contributed by atoms with Crippen molar-refractivity contribution in [3.8, 4) is 0 Å². The second kappa shape index (κ2) is 8.73. The molecule has 0 saturated carbocycles. The van der Waals surface area contributed by atoms with Crippen molar-refractivity contribution in [3.05, 3.63) is 63.6 Å². The molecule has 0 atom stereocenters.